The summed E-state index contributed by atoms with van der Waals surface area (Å²) < 4.78 is 0. The minimum atomic E-state index is -0.891. The molecule has 2 saturated heterocycles. The highest BCUT2D eigenvalue weighted by Gasteiger charge is 2.33. The molecule has 3 aromatic heterocycles. The second-order valence-corrected chi connectivity index (χ2v) is 9.07. The number of aromatic nitrogens is 4. The van der Waals surface area contributed by atoms with Crippen molar-refractivity contribution >= 4 is 34.5 Å². The average molecular weight is 479 g/mol. The van der Waals surface area contributed by atoms with Crippen molar-refractivity contribution in [2.45, 2.75) is 38.5 Å². The van der Waals surface area contributed by atoms with Crippen LogP contribution in [0.4, 0.5) is 17.6 Å². The van der Waals surface area contributed by atoms with E-state index < -0.39 is 18.1 Å². The first-order chi connectivity index (χ1) is 17.0. The summed E-state index contributed by atoms with van der Waals surface area (Å²) in [6, 6.07) is 5.01. The van der Waals surface area contributed by atoms with Crippen LogP contribution in [0, 0.1) is 0 Å². The molecule has 2 aliphatic heterocycles. The van der Waals surface area contributed by atoms with Gasteiger partial charge in [0.25, 0.3) is 0 Å². The number of aliphatic hydroxyl groups is 1. The van der Waals surface area contributed by atoms with Gasteiger partial charge in [0.15, 0.2) is 5.82 Å². The predicted molar refractivity (Wildman–Crippen MR) is 132 cm³/mol. The van der Waals surface area contributed by atoms with Crippen LogP contribution in [0.25, 0.3) is 10.9 Å². The number of aliphatic hydroxyl groups excluding tert-OH is 1. The SMILES string of the molecule is C[C@@H](O)c1cc2cnc(Nc3ccc(CN4CCNCC4)cn3)nc2c(N2CCCC2C(=O)O)n1. The second kappa shape index (κ2) is 10.1. The lowest BCUT2D eigenvalue weighted by atomic mass is 10.1. The Morgan fingerprint density at radius 1 is 1.20 bits per heavy atom. The van der Waals surface area contributed by atoms with Gasteiger partial charge in [0.2, 0.25) is 5.95 Å². The Bertz CT molecular complexity index is 1200. The molecule has 0 aliphatic carbocycles. The van der Waals surface area contributed by atoms with E-state index in [-0.39, 0.29) is 0 Å². The number of aliphatic carboxylic acids is 1. The van der Waals surface area contributed by atoms with Crippen LogP contribution < -0.4 is 15.5 Å². The number of hydrogen-bond donors (Lipinski definition) is 4. The van der Waals surface area contributed by atoms with Crippen LogP contribution >= 0.6 is 0 Å². The molecule has 35 heavy (non-hydrogen) atoms. The number of carbonyl (C=O) groups is 1. The van der Waals surface area contributed by atoms with Crippen molar-refractivity contribution < 1.29 is 15.0 Å². The first-order valence-electron chi connectivity index (χ1n) is 12.0. The monoisotopic (exact) mass is 478 g/mol. The largest absolute Gasteiger partial charge is 0.480 e. The van der Waals surface area contributed by atoms with Crippen LogP contribution in [0.5, 0.6) is 0 Å². The molecule has 184 valence electrons. The molecular weight excluding hydrogens is 448 g/mol. The molecule has 3 aromatic rings. The molecule has 11 heteroatoms. The van der Waals surface area contributed by atoms with Gasteiger partial charge in [-0.1, -0.05) is 6.07 Å². The third-order valence-electron chi connectivity index (χ3n) is 6.49. The molecule has 2 fully saturated rings. The number of pyridine rings is 2. The maximum atomic E-state index is 11.8. The third-order valence-corrected chi connectivity index (χ3v) is 6.49. The number of rotatable bonds is 7. The normalized spacial score (nSPS) is 19.7. The van der Waals surface area contributed by atoms with E-state index >= 15 is 0 Å². The van der Waals surface area contributed by atoms with Gasteiger partial charge in [0, 0.05) is 57.0 Å². The van der Waals surface area contributed by atoms with Crippen LogP contribution in [-0.2, 0) is 11.3 Å². The maximum absolute atomic E-state index is 11.8. The molecule has 0 amide bonds. The minimum absolute atomic E-state index is 0.346. The van der Waals surface area contributed by atoms with E-state index in [0.717, 1.165) is 44.7 Å². The third kappa shape index (κ3) is 5.16. The molecule has 2 aliphatic rings. The Labute approximate surface area is 203 Å². The number of anilines is 3. The summed E-state index contributed by atoms with van der Waals surface area (Å²) in [6.07, 6.45) is 4.00. The number of hydrogen-bond acceptors (Lipinski definition) is 10. The smallest absolute Gasteiger partial charge is 0.326 e. The lowest BCUT2D eigenvalue weighted by Crippen LogP contribution is -2.42. The summed E-state index contributed by atoms with van der Waals surface area (Å²) in [5, 5.41) is 27.0. The van der Waals surface area contributed by atoms with Gasteiger partial charge < -0.3 is 25.7 Å². The van der Waals surface area contributed by atoms with Crippen molar-refractivity contribution in [3.63, 3.8) is 0 Å². The fraction of sp³-hybridized carbons (Fsp3) is 0.458. The molecule has 11 nitrogen and oxygen atoms in total. The van der Waals surface area contributed by atoms with E-state index in [9.17, 15) is 15.0 Å². The van der Waals surface area contributed by atoms with E-state index in [1.807, 2.05) is 18.3 Å². The predicted octanol–water partition coefficient (Wildman–Crippen LogP) is 1.68. The van der Waals surface area contributed by atoms with Gasteiger partial charge in [0.05, 0.1) is 11.8 Å². The Kier molecular flexibility index (Phi) is 6.71. The molecule has 0 spiro atoms. The van der Waals surface area contributed by atoms with Gasteiger partial charge in [-0.2, -0.15) is 0 Å². The van der Waals surface area contributed by atoms with Crippen LogP contribution in [0.15, 0.2) is 30.6 Å². The van der Waals surface area contributed by atoms with E-state index in [2.05, 4.69) is 35.5 Å². The van der Waals surface area contributed by atoms with Crippen molar-refractivity contribution in [1.82, 2.24) is 30.2 Å². The van der Waals surface area contributed by atoms with Crippen molar-refractivity contribution in [3.8, 4) is 0 Å². The molecule has 0 radical (unpaired) electrons. The molecule has 0 bridgehead atoms. The second-order valence-electron chi connectivity index (χ2n) is 9.07. The number of fused-ring (bicyclic) bond motifs is 1. The number of piperazine rings is 1. The highest BCUT2D eigenvalue weighted by molar-refractivity contribution is 5.92. The number of nitrogens with zero attached hydrogens (tertiary/aromatic N) is 6. The van der Waals surface area contributed by atoms with E-state index in [1.165, 1.54) is 0 Å². The van der Waals surface area contributed by atoms with Gasteiger partial charge in [-0.3, -0.25) is 4.90 Å². The first kappa shape index (κ1) is 23.3. The van der Waals surface area contributed by atoms with Crippen LogP contribution in [-0.4, -0.2) is 79.8 Å². The Hall–Kier alpha value is -3.41. The summed E-state index contributed by atoms with van der Waals surface area (Å²) >= 11 is 0. The fourth-order valence-electron chi connectivity index (χ4n) is 4.63. The molecule has 2 atom stereocenters. The fourth-order valence-corrected chi connectivity index (χ4v) is 4.63. The lowest BCUT2D eigenvalue weighted by molar-refractivity contribution is -0.138. The number of nitrogens with one attached hydrogen (secondary N) is 2. The summed E-state index contributed by atoms with van der Waals surface area (Å²) in [5.74, 6) is 0.525. The van der Waals surface area contributed by atoms with Crippen molar-refractivity contribution in [2.75, 3.05) is 42.9 Å². The van der Waals surface area contributed by atoms with Gasteiger partial charge in [0.1, 0.15) is 17.4 Å². The highest BCUT2D eigenvalue weighted by Crippen LogP contribution is 2.32. The Morgan fingerprint density at radius 3 is 2.74 bits per heavy atom. The molecule has 0 saturated carbocycles. The topological polar surface area (TPSA) is 140 Å². The summed E-state index contributed by atoms with van der Waals surface area (Å²) in [5.41, 5.74) is 2.13. The Morgan fingerprint density at radius 2 is 2.03 bits per heavy atom. The quantitative estimate of drug-likeness (QED) is 0.394. The van der Waals surface area contributed by atoms with Crippen molar-refractivity contribution in [1.29, 1.82) is 0 Å². The molecule has 4 N–H and O–H groups in total. The minimum Gasteiger partial charge on any atom is -0.480 e. The maximum Gasteiger partial charge on any atom is 0.326 e. The molecule has 5 heterocycles. The van der Waals surface area contributed by atoms with E-state index in [0.29, 0.717) is 47.1 Å². The first-order valence-corrected chi connectivity index (χ1v) is 12.0. The summed E-state index contributed by atoms with van der Waals surface area (Å²) in [4.78, 5) is 34.2. The lowest BCUT2D eigenvalue weighted by Gasteiger charge is -2.27. The number of carboxylic acids is 1. The van der Waals surface area contributed by atoms with Crippen LogP contribution in [0.3, 0.4) is 0 Å². The zero-order chi connectivity index (χ0) is 24.4. The molecular formula is C24H30N8O3. The van der Waals surface area contributed by atoms with E-state index in [4.69, 9.17) is 0 Å². The number of carboxylic acid groups (broad SMARTS) is 1. The zero-order valence-electron chi connectivity index (χ0n) is 19.7. The van der Waals surface area contributed by atoms with Gasteiger partial charge in [-0.15, -0.1) is 0 Å². The molecule has 1 unspecified atom stereocenters. The highest BCUT2D eigenvalue weighted by atomic mass is 16.4. The van der Waals surface area contributed by atoms with Gasteiger partial charge in [-0.25, -0.2) is 24.7 Å². The van der Waals surface area contributed by atoms with Gasteiger partial charge in [-0.05, 0) is 37.5 Å². The van der Waals surface area contributed by atoms with Gasteiger partial charge >= 0.3 is 5.97 Å². The average Bonchev–Trinajstić information content (AvgIpc) is 3.35. The zero-order valence-corrected chi connectivity index (χ0v) is 19.7. The Balaban J connectivity index is 1.41. The summed E-state index contributed by atoms with van der Waals surface area (Å²) in [7, 11) is 0. The van der Waals surface area contributed by atoms with Crippen LogP contribution in [0.1, 0.15) is 37.1 Å². The van der Waals surface area contributed by atoms with Crippen molar-refractivity contribution in [3.05, 3.63) is 41.9 Å². The van der Waals surface area contributed by atoms with E-state index in [1.54, 1.807) is 24.1 Å². The standard InChI is InChI=1S/C24H30N8O3/c1-15(33)18-11-17-13-27-24(30-21(17)22(28-18)32-8-2-3-19(32)23(34)35)29-20-5-4-16(12-26-20)14-31-9-6-25-7-10-31/h4-5,11-13,15,19,25,33H,2-3,6-10,14H2,1H3,(H,34,35)(H,26,27,29,30)/t15-,19?/m1/s1. The van der Waals surface area contributed by atoms with Crippen molar-refractivity contribution in [2.24, 2.45) is 0 Å². The molecule has 0 aromatic carbocycles. The summed E-state index contributed by atoms with van der Waals surface area (Å²) in [6.45, 7) is 7.12. The van der Waals surface area contributed by atoms with Crippen LogP contribution in [0.2, 0.25) is 0 Å². The molecule has 5 rings (SSSR count).